The van der Waals surface area contributed by atoms with Crippen molar-refractivity contribution < 1.29 is 8.42 Å². The number of aryl methyl sites for hydroxylation is 1. The maximum atomic E-state index is 12.8. The zero-order valence-corrected chi connectivity index (χ0v) is 13.8. The SMILES string of the molecule is Cc1ccc(S(=O)(=O)N(C)C2CCCCC2)c(C)c1C. The molecule has 1 saturated carbocycles. The molecule has 1 aromatic carbocycles. The average molecular weight is 295 g/mol. The second kappa shape index (κ2) is 5.86. The van der Waals surface area contributed by atoms with Gasteiger partial charge in [0.1, 0.15) is 0 Å². The number of hydrogen-bond acceptors (Lipinski definition) is 2. The van der Waals surface area contributed by atoms with Gasteiger partial charge in [0, 0.05) is 13.1 Å². The number of rotatable bonds is 3. The minimum Gasteiger partial charge on any atom is -0.207 e. The minimum atomic E-state index is -3.38. The van der Waals surface area contributed by atoms with E-state index in [1.165, 1.54) is 6.42 Å². The van der Waals surface area contributed by atoms with Crippen LogP contribution in [0.15, 0.2) is 17.0 Å². The molecule has 0 spiro atoms. The Hall–Kier alpha value is -0.870. The molecule has 112 valence electrons. The maximum absolute atomic E-state index is 12.8. The van der Waals surface area contributed by atoms with Crippen LogP contribution in [-0.4, -0.2) is 25.8 Å². The van der Waals surface area contributed by atoms with Crippen molar-refractivity contribution in [2.45, 2.75) is 63.8 Å². The lowest BCUT2D eigenvalue weighted by atomic mass is 9.96. The highest BCUT2D eigenvalue weighted by atomic mass is 32.2. The highest BCUT2D eigenvalue weighted by Crippen LogP contribution is 2.29. The van der Waals surface area contributed by atoms with E-state index in [0.717, 1.165) is 42.4 Å². The molecule has 0 atom stereocenters. The lowest BCUT2D eigenvalue weighted by molar-refractivity contribution is 0.285. The highest BCUT2D eigenvalue weighted by Gasteiger charge is 2.30. The van der Waals surface area contributed by atoms with E-state index in [9.17, 15) is 8.42 Å². The molecule has 0 unspecified atom stereocenters. The predicted octanol–water partition coefficient (Wildman–Crippen LogP) is 3.57. The number of benzene rings is 1. The quantitative estimate of drug-likeness (QED) is 0.855. The number of sulfonamides is 1. The summed E-state index contributed by atoms with van der Waals surface area (Å²) in [5, 5.41) is 0. The molecule has 3 nitrogen and oxygen atoms in total. The second-order valence-corrected chi connectivity index (χ2v) is 7.91. The van der Waals surface area contributed by atoms with Gasteiger partial charge in [-0.3, -0.25) is 0 Å². The van der Waals surface area contributed by atoms with Crippen molar-refractivity contribution >= 4 is 10.0 Å². The topological polar surface area (TPSA) is 37.4 Å². The van der Waals surface area contributed by atoms with Crippen molar-refractivity contribution in [3.63, 3.8) is 0 Å². The molecule has 20 heavy (non-hydrogen) atoms. The van der Waals surface area contributed by atoms with Crippen LogP contribution < -0.4 is 0 Å². The molecule has 2 rings (SSSR count). The van der Waals surface area contributed by atoms with Gasteiger partial charge in [0.05, 0.1) is 4.90 Å². The Balaban J connectivity index is 2.37. The van der Waals surface area contributed by atoms with Gasteiger partial charge in [0.2, 0.25) is 10.0 Å². The Bertz CT molecular complexity index is 587. The summed E-state index contributed by atoms with van der Waals surface area (Å²) in [5.74, 6) is 0. The largest absolute Gasteiger partial charge is 0.243 e. The second-order valence-electron chi connectivity index (χ2n) is 5.94. The van der Waals surface area contributed by atoms with Crippen LogP contribution in [0, 0.1) is 20.8 Å². The van der Waals surface area contributed by atoms with Gasteiger partial charge in [-0.2, -0.15) is 4.31 Å². The smallest absolute Gasteiger partial charge is 0.207 e. The molecule has 0 saturated heterocycles. The third kappa shape index (κ3) is 2.77. The molecule has 0 aliphatic heterocycles. The Labute approximate surface area is 123 Å². The third-order valence-corrected chi connectivity index (χ3v) is 6.81. The van der Waals surface area contributed by atoms with Crippen LogP contribution in [0.1, 0.15) is 48.8 Å². The highest BCUT2D eigenvalue weighted by molar-refractivity contribution is 7.89. The molecular formula is C16H25NO2S. The fraction of sp³-hybridized carbons (Fsp3) is 0.625. The first-order chi connectivity index (χ1) is 9.35. The molecule has 0 N–H and O–H groups in total. The van der Waals surface area contributed by atoms with Gasteiger partial charge in [-0.1, -0.05) is 25.3 Å². The summed E-state index contributed by atoms with van der Waals surface area (Å²) in [6.45, 7) is 5.91. The maximum Gasteiger partial charge on any atom is 0.243 e. The van der Waals surface area contributed by atoms with Crippen molar-refractivity contribution in [1.82, 2.24) is 4.31 Å². The van der Waals surface area contributed by atoms with E-state index in [2.05, 4.69) is 0 Å². The third-order valence-electron chi connectivity index (χ3n) is 4.75. The number of hydrogen-bond donors (Lipinski definition) is 0. The van der Waals surface area contributed by atoms with Crippen LogP contribution in [-0.2, 0) is 10.0 Å². The van der Waals surface area contributed by atoms with Gasteiger partial charge in [0.15, 0.2) is 0 Å². The monoisotopic (exact) mass is 295 g/mol. The molecule has 0 radical (unpaired) electrons. The zero-order chi connectivity index (χ0) is 14.9. The van der Waals surface area contributed by atoms with Crippen LogP contribution in [0.5, 0.6) is 0 Å². The van der Waals surface area contributed by atoms with Gasteiger partial charge < -0.3 is 0 Å². The van der Waals surface area contributed by atoms with E-state index in [-0.39, 0.29) is 6.04 Å². The van der Waals surface area contributed by atoms with Gasteiger partial charge in [0.25, 0.3) is 0 Å². The molecule has 1 aliphatic carbocycles. The average Bonchev–Trinajstić information content (AvgIpc) is 2.44. The van der Waals surface area contributed by atoms with E-state index in [4.69, 9.17) is 0 Å². The summed E-state index contributed by atoms with van der Waals surface area (Å²) in [4.78, 5) is 0.466. The van der Waals surface area contributed by atoms with Crippen LogP contribution >= 0.6 is 0 Å². The molecule has 1 aliphatic rings. The predicted molar refractivity (Wildman–Crippen MR) is 82.5 cm³/mol. The number of nitrogens with zero attached hydrogens (tertiary/aromatic N) is 1. The summed E-state index contributed by atoms with van der Waals surface area (Å²) in [5.41, 5.74) is 3.09. The van der Waals surface area contributed by atoms with Crippen LogP contribution in [0.3, 0.4) is 0 Å². The van der Waals surface area contributed by atoms with E-state index in [1.54, 1.807) is 17.4 Å². The summed E-state index contributed by atoms with van der Waals surface area (Å²) in [6.07, 6.45) is 5.47. The summed E-state index contributed by atoms with van der Waals surface area (Å²) in [7, 11) is -1.64. The summed E-state index contributed by atoms with van der Waals surface area (Å²) in [6, 6.07) is 3.82. The van der Waals surface area contributed by atoms with Crippen LogP contribution in [0.25, 0.3) is 0 Å². The van der Waals surface area contributed by atoms with Gasteiger partial charge in [-0.25, -0.2) is 8.42 Å². The Kier molecular flexibility index (Phi) is 4.55. The Morgan fingerprint density at radius 3 is 2.20 bits per heavy atom. The van der Waals surface area contributed by atoms with E-state index >= 15 is 0 Å². The summed E-state index contributed by atoms with van der Waals surface area (Å²) < 4.78 is 27.3. The van der Waals surface area contributed by atoms with Crippen molar-refractivity contribution in [1.29, 1.82) is 0 Å². The summed E-state index contributed by atoms with van der Waals surface area (Å²) >= 11 is 0. The molecule has 4 heteroatoms. The molecular weight excluding hydrogens is 270 g/mol. The van der Waals surface area contributed by atoms with Crippen molar-refractivity contribution in [2.24, 2.45) is 0 Å². The molecule has 0 amide bonds. The van der Waals surface area contributed by atoms with E-state index in [1.807, 2.05) is 26.8 Å². The van der Waals surface area contributed by atoms with Gasteiger partial charge in [-0.15, -0.1) is 0 Å². The molecule has 0 heterocycles. The Morgan fingerprint density at radius 2 is 1.60 bits per heavy atom. The zero-order valence-electron chi connectivity index (χ0n) is 12.9. The van der Waals surface area contributed by atoms with Crippen LogP contribution in [0.4, 0.5) is 0 Å². The first-order valence-electron chi connectivity index (χ1n) is 7.40. The van der Waals surface area contributed by atoms with E-state index in [0.29, 0.717) is 4.90 Å². The van der Waals surface area contributed by atoms with Crippen molar-refractivity contribution in [3.05, 3.63) is 28.8 Å². The van der Waals surface area contributed by atoms with Crippen LogP contribution in [0.2, 0.25) is 0 Å². The van der Waals surface area contributed by atoms with Crippen molar-refractivity contribution in [2.75, 3.05) is 7.05 Å². The standard InChI is InChI=1S/C16H25NO2S/c1-12-10-11-16(14(3)13(12)2)20(18,19)17(4)15-8-6-5-7-9-15/h10-11,15H,5-9H2,1-4H3. The first kappa shape index (κ1) is 15.5. The molecule has 0 aromatic heterocycles. The first-order valence-corrected chi connectivity index (χ1v) is 8.84. The molecule has 0 bridgehead atoms. The van der Waals surface area contributed by atoms with Crippen molar-refractivity contribution in [3.8, 4) is 0 Å². The Morgan fingerprint density at radius 1 is 1.00 bits per heavy atom. The fourth-order valence-electron chi connectivity index (χ4n) is 3.01. The van der Waals surface area contributed by atoms with E-state index < -0.39 is 10.0 Å². The van der Waals surface area contributed by atoms with Gasteiger partial charge in [-0.05, 0) is 56.4 Å². The fourth-order valence-corrected chi connectivity index (χ4v) is 4.70. The molecule has 1 fully saturated rings. The van der Waals surface area contributed by atoms with Gasteiger partial charge >= 0.3 is 0 Å². The lowest BCUT2D eigenvalue weighted by Crippen LogP contribution is -2.38. The molecule has 1 aromatic rings. The lowest BCUT2D eigenvalue weighted by Gasteiger charge is -2.31. The normalized spacial score (nSPS) is 17.6. The minimum absolute atomic E-state index is 0.162.